The molecule has 0 unspecified atom stereocenters. The number of rotatable bonds is 0. The molecule has 0 saturated carbocycles. The van der Waals surface area contributed by atoms with Gasteiger partial charge in [-0.25, -0.2) is 4.79 Å². The average molecular weight is 242 g/mol. The lowest BCUT2D eigenvalue weighted by Gasteiger charge is -1.88. The van der Waals surface area contributed by atoms with E-state index in [2.05, 4.69) is 9.97 Å². The van der Waals surface area contributed by atoms with Gasteiger partial charge in [-0.05, 0) is 17.9 Å². The number of hydrogen-bond acceptors (Lipinski definition) is 3. The summed E-state index contributed by atoms with van der Waals surface area (Å²) in [6, 6.07) is 0. The van der Waals surface area contributed by atoms with Crippen molar-refractivity contribution < 1.29 is 0 Å². The van der Waals surface area contributed by atoms with Crippen molar-refractivity contribution in [2.75, 3.05) is 0 Å². The second-order valence-electron chi connectivity index (χ2n) is 2.53. The van der Waals surface area contributed by atoms with Gasteiger partial charge in [-0.1, -0.05) is 27.7 Å². The van der Waals surface area contributed by atoms with E-state index >= 15 is 0 Å². The third-order valence-corrected chi connectivity index (χ3v) is 2.74. The van der Waals surface area contributed by atoms with Gasteiger partial charge in [-0.3, -0.25) is 9.78 Å². The van der Waals surface area contributed by atoms with Crippen molar-refractivity contribution in [2.45, 2.75) is 34.6 Å². The Morgan fingerprint density at radius 2 is 1.62 bits per heavy atom. The Morgan fingerprint density at radius 3 is 2.19 bits per heavy atom. The first-order valence-corrected chi connectivity index (χ1v) is 6.27. The molecule has 90 valence electrons. The standard InChI is InChI=1S/C7H6N2O2S.2C2H6/c1-3-2-12-5-4(3)8-7(11)9-6(5)10;2*1-2/h2H,1H3,(H2,8,9,10,11);2*1-2H3. The van der Waals surface area contributed by atoms with E-state index in [1.54, 1.807) is 0 Å². The molecule has 0 atom stereocenters. The first-order valence-electron chi connectivity index (χ1n) is 5.39. The molecule has 0 aliphatic rings. The van der Waals surface area contributed by atoms with Crippen LogP contribution in [0.3, 0.4) is 0 Å². The summed E-state index contributed by atoms with van der Waals surface area (Å²) in [4.78, 5) is 26.7. The van der Waals surface area contributed by atoms with Crippen molar-refractivity contribution in [2.24, 2.45) is 0 Å². The number of thiophene rings is 1. The maximum Gasteiger partial charge on any atom is 0.326 e. The molecule has 2 aromatic heterocycles. The van der Waals surface area contributed by atoms with Gasteiger partial charge in [-0.15, -0.1) is 11.3 Å². The van der Waals surface area contributed by atoms with E-state index in [0.717, 1.165) is 5.56 Å². The van der Waals surface area contributed by atoms with Gasteiger partial charge in [0.25, 0.3) is 5.56 Å². The Labute approximate surface area is 98.4 Å². The van der Waals surface area contributed by atoms with Crippen LogP contribution in [0, 0.1) is 6.92 Å². The molecule has 0 fully saturated rings. The van der Waals surface area contributed by atoms with Crippen LogP contribution in [-0.2, 0) is 0 Å². The summed E-state index contributed by atoms with van der Waals surface area (Å²) >= 11 is 1.34. The lowest BCUT2D eigenvalue weighted by molar-refractivity contribution is 1.08. The van der Waals surface area contributed by atoms with Crippen molar-refractivity contribution >= 4 is 21.6 Å². The first-order chi connectivity index (χ1) is 7.68. The van der Waals surface area contributed by atoms with Crippen molar-refractivity contribution in [1.82, 2.24) is 9.97 Å². The maximum atomic E-state index is 11.1. The first kappa shape index (κ1) is 14.6. The van der Waals surface area contributed by atoms with Gasteiger partial charge >= 0.3 is 5.69 Å². The molecule has 2 N–H and O–H groups in total. The molecule has 0 bridgehead atoms. The van der Waals surface area contributed by atoms with Crippen LogP contribution in [0.1, 0.15) is 33.3 Å². The Bertz CT molecular complexity index is 537. The molecule has 0 aromatic carbocycles. The molecular weight excluding hydrogens is 224 g/mol. The van der Waals surface area contributed by atoms with Crippen molar-refractivity contribution in [3.8, 4) is 0 Å². The van der Waals surface area contributed by atoms with E-state index in [1.165, 1.54) is 11.3 Å². The van der Waals surface area contributed by atoms with E-state index in [-0.39, 0.29) is 5.56 Å². The largest absolute Gasteiger partial charge is 0.326 e. The third-order valence-electron chi connectivity index (χ3n) is 1.65. The topological polar surface area (TPSA) is 65.7 Å². The van der Waals surface area contributed by atoms with Crippen LogP contribution in [0.15, 0.2) is 15.0 Å². The fourth-order valence-corrected chi connectivity index (χ4v) is 1.97. The normalized spacial score (nSPS) is 8.81. The molecule has 2 aromatic rings. The minimum absolute atomic E-state index is 0.313. The molecule has 0 aliphatic carbocycles. The lowest BCUT2D eigenvalue weighted by Crippen LogP contribution is -2.20. The zero-order chi connectivity index (χ0) is 12.7. The Kier molecular flexibility index (Phi) is 6.41. The van der Waals surface area contributed by atoms with E-state index in [4.69, 9.17) is 0 Å². The lowest BCUT2D eigenvalue weighted by atomic mass is 10.3. The molecule has 16 heavy (non-hydrogen) atoms. The molecule has 0 aliphatic heterocycles. The number of H-pyrrole nitrogens is 2. The van der Waals surface area contributed by atoms with Crippen LogP contribution in [0.25, 0.3) is 10.2 Å². The molecule has 2 heterocycles. The van der Waals surface area contributed by atoms with Crippen LogP contribution in [0.4, 0.5) is 0 Å². The number of nitrogens with one attached hydrogen (secondary N) is 2. The number of aromatic amines is 2. The highest BCUT2D eigenvalue weighted by atomic mass is 32.1. The van der Waals surface area contributed by atoms with Crippen molar-refractivity contribution in [3.63, 3.8) is 0 Å². The minimum Gasteiger partial charge on any atom is -0.306 e. The van der Waals surface area contributed by atoms with Gasteiger partial charge in [0, 0.05) is 0 Å². The Hall–Kier alpha value is -1.36. The molecule has 5 heteroatoms. The number of aromatic nitrogens is 2. The molecule has 0 spiro atoms. The van der Waals surface area contributed by atoms with E-state index in [1.807, 2.05) is 40.0 Å². The molecule has 4 nitrogen and oxygen atoms in total. The molecular formula is C11H18N2O2S. The minimum atomic E-state index is -0.450. The van der Waals surface area contributed by atoms with Gasteiger partial charge in [-0.2, -0.15) is 0 Å². The fourth-order valence-electron chi connectivity index (χ4n) is 1.07. The van der Waals surface area contributed by atoms with Crippen LogP contribution in [0.2, 0.25) is 0 Å². The van der Waals surface area contributed by atoms with Crippen molar-refractivity contribution in [3.05, 3.63) is 31.8 Å². The summed E-state index contributed by atoms with van der Waals surface area (Å²) in [6.07, 6.45) is 0. The summed E-state index contributed by atoms with van der Waals surface area (Å²) in [6.45, 7) is 9.86. The Morgan fingerprint density at radius 1 is 1.06 bits per heavy atom. The summed E-state index contributed by atoms with van der Waals surface area (Å²) < 4.78 is 0.576. The Balaban J connectivity index is 0.000000509. The van der Waals surface area contributed by atoms with E-state index in [9.17, 15) is 9.59 Å². The summed E-state index contributed by atoms with van der Waals surface area (Å²) in [7, 11) is 0. The molecule has 0 saturated heterocycles. The van der Waals surface area contributed by atoms with Crippen LogP contribution >= 0.6 is 11.3 Å². The molecule has 0 amide bonds. The highest BCUT2D eigenvalue weighted by Gasteiger charge is 2.04. The maximum absolute atomic E-state index is 11.1. The fraction of sp³-hybridized carbons (Fsp3) is 0.455. The summed E-state index contributed by atoms with van der Waals surface area (Å²) in [5, 5.41) is 1.84. The van der Waals surface area contributed by atoms with E-state index in [0.29, 0.717) is 10.2 Å². The smallest absolute Gasteiger partial charge is 0.306 e. The predicted octanol–water partition coefficient (Wildman–Crippen LogP) is 2.64. The van der Waals surface area contributed by atoms with E-state index < -0.39 is 5.69 Å². The van der Waals surface area contributed by atoms with Gasteiger partial charge in [0.2, 0.25) is 0 Å². The highest BCUT2D eigenvalue weighted by molar-refractivity contribution is 7.17. The number of aryl methyl sites for hydroxylation is 1. The zero-order valence-corrected chi connectivity index (χ0v) is 11.1. The highest BCUT2D eigenvalue weighted by Crippen LogP contribution is 2.17. The van der Waals surface area contributed by atoms with Gasteiger partial charge < -0.3 is 4.98 Å². The molecule has 2 rings (SSSR count). The zero-order valence-electron chi connectivity index (χ0n) is 10.3. The van der Waals surface area contributed by atoms with Crippen LogP contribution in [0.5, 0.6) is 0 Å². The summed E-state index contributed by atoms with van der Waals surface area (Å²) in [5.41, 5.74) is 0.813. The SMILES string of the molecule is CC.CC.Cc1csc2c(=O)[nH]c(=O)[nH]c12. The monoisotopic (exact) mass is 242 g/mol. The van der Waals surface area contributed by atoms with Gasteiger partial charge in [0.1, 0.15) is 4.70 Å². The van der Waals surface area contributed by atoms with Crippen LogP contribution in [-0.4, -0.2) is 9.97 Å². The van der Waals surface area contributed by atoms with Gasteiger partial charge in [0.15, 0.2) is 0 Å². The number of hydrogen-bond donors (Lipinski definition) is 2. The second-order valence-corrected chi connectivity index (χ2v) is 3.41. The average Bonchev–Trinajstić information content (AvgIpc) is 2.67. The second kappa shape index (κ2) is 7.00. The predicted molar refractivity (Wildman–Crippen MR) is 70.5 cm³/mol. The van der Waals surface area contributed by atoms with Gasteiger partial charge in [0.05, 0.1) is 5.52 Å². The third kappa shape index (κ3) is 3.06. The number of fused-ring (bicyclic) bond motifs is 1. The summed E-state index contributed by atoms with van der Waals surface area (Å²) in [5.74, 6) is 0. The molecule has 0 radical (unpaired) electrons. The van der Waals surface area contributed by atoms with Crippen molar-refractivity contribution in [1.29, 1.82) is 0 Å². The van der Waals surface area contributed by atoms with Crippen LogP contribution < -0.4 is 11.2 Å². The quantitative estimate of drug-likeness (QED) is 0.745.